The topological polar surface area (TPSA) is 85.8 Å². The molecule has 0 radical (unpaired) electrons. The Labute approximate surface area is 175 Å². The summed E-state index contributed by atoms with van der Waals surface area (Å²) in [4.78, 5) is 17.1. The van der Waals surface area contributed by atoms with E-state index in [-0.39, 0.29) is 42.1 Å². The van der Waals surface area contributed by atoms with Gasteiger partial charge in [-0.05, 0) is 37.8 Å². The van der Waals surface area contributed by atoms with Crippen molar-refractivity contribution >= 4 is 41.5 Å². The number of nitrogens with one attached hydrogen (secondary N) is 1. The highest BCUT2D eigenvalue weighted by Crippen LogP contribution is 2.30. The Bertz CT molecular complexity index is 780. The monoisotopic (exact) mass is 431 g/mol. The molecule has 148 valence electrons. The maximum Gasteiger partial charge on any atom is 0.291 e. The zero-order chi connectivity index (χ0) is 18.8. The molecule has 9 heteroatoms. The number of para-hydroxylation sites is 1. The third kappa shape index (κ3) is 4.93. The minimum Gasteiger partial charge on any atom is -0.347 e. The van der Waals surface area contributed by atoms with Crippen molar-refractivity contribution in [2.24, 2.45) is 5.73 Å². The van der Waals surface area contributed by atoms with Crippen LogP contribution in [0.15, 0.2) is 18.2 Å². The van der Waals surface area contributed by atoms with Crippen LogP contribution in [0.1, 0.15) is 61.9 Å². The van der Waals surface area contributed by atoms with E-state index in [9.17, 15) is 4.79 Å². The van der Waals surface area contributed by atoms with Crippen LogP contribution in [0.2, 0.25) is 10.0 Å². The van der Waals surface area contributed by atoms with Gasteiger partial charge in [0.15, 0.2) is 0 Å². The van der Waals surface area contributed by atoms with Crippen LogP contribution in [0, 0.1) is 0 Å². The summed E-state index contributed by atoms with van der Waals surface area (Å²) < 4.78 is 1.57. The molecule has 0 unspecified atom stereocenters. The molecule has 1 heterocycles. The van der Waals surface area contributed by atoms with Gasteiger partial charge in [0.25, 0.3) is 5.91 Å². The highest BCUT2D eigenvalue weighted by Gasteiger charge is 2.25. The summed E-state index contributed by atoms with van der Waals surface area (Å²) in [6.07, 6.45) is 3.58. The van der Waals surface area contributed by atoms with Gasteiger partial charge in [0.1, 0.15) is 11.5 Å². The van der Waals surface area contributed by atoms with Gasteiger partial charge in [-0.25, -0.2) is 9.67 Å². The van der Waals surface area contributed by atoms with Gasteiger partial charge in [0.2, 0.25) is 5.82 Å². The molecule has 0 aliphatic heterocycles. The summed E-state index contributed by atoms with van der Waals surface area (Å²) in [5.41, 5.74) is 6.46. The van der Waals surface area contributed by atoms with Gasteiger partial charge in [0, 0.05) is 18.0 Å². The van der Waals surface area contributed by atoms with Gasteiger partial charge in [-0.15, -0.1) is 17.5 Å². The highest BCUT2D eigenvalue weighted by molar-refractivity contribution is 6.37. The van der Waals surface area contributed by atoms with Crippen LogP contribution in [0.5, 0.6) is 0 Å². The Kier molecular flexibility index (Phi) is 7.51. The number of nitrogens with zero attached hydrogens (tertiary/aromatic N) is 3. The van der Waals surface area contributed by atoms with Gasteiger partial charge >= 0.3 is 0 Å². The first-order valence-electron chi connectivity index (χ1n) is 8.84. The number of amides is 1. The molecular weight excluding hydrogens is 409 g/mol. The van der Waals surface area contributed by atoms with E-state index in [1.807, 2.05) is 13.8 Å². The Morgan fingerprint density at radius 2 is 1.81 bits per heavy atom. The quantitative estimate of drug-likeness (QED) is 0.761. The predicted octanol–water partition coefficient (Wildman–Crippen LogP) is 4.12. The molecular formula is C18H24Cl3N5O. The van der Waals surface area contributed by atoms with E-state index in [4.69, 9.17) is 28.9 Å². The first-order chi connectivity index (χ1) is 12.4. The molecule has 0 atom stereocenters. The molecule has 2 aromatic rings. The lowest BCUT2D eigenvalue weighted by Gasteiger charge is -2.26. The van der Waals surface area contributed by atoms with Crippen molar-refractivity contribution in [1.29, 1.82) is 0 Å². The second-order valence-electron chi connectivity index (χ2n) is 7.02. The zero-order valence-electron chi connectivity index (χ0n) is 15.3. The number of benzene rings is 1. The van der Waals surface area contributed by atoms with Crippen LogP contribution < -0.4 is 11.1 Å². The van der Waals surface area contributed by atoms with Gasteiger partial charge in [0.05, 0.1) is 10.0 Å². The van der Waals surface area contributed by atoms with Crippen molar-refractivity contribution in [3.8, 4) is 5.69 Å². The minimum atomic E-state index is -0.283. The van der Waals surface area contributed by atoms with Crippen molar-refractivity contribution in [3.05, 3.63) is 39.9 Å². The van der Waals surface area contributed by atoms with Crippen molar-refractivity contribution in [2.45, 2.75) is 57.5 Å². The van der Waals surface area contributed by atoms with Crippen LogP contribution in [-0.4, -0.2) is 32.8 Å². The number of nitrogens with two attached hydrogens (primary N) is 1. The van der Waals surface area contributed by atoms with Crippen molar-refractivity contribution in [2.75, 3.05) is 0 Å². The molecule has 3 rings (SSSR count). The number of rotatable bonds is 4. The number of carbonyl (C=O) groups excluding carboxylic acids is 1. The maximum atomic E-state index is 12.6. The predicted molar refractivity (Wildman–Crippen MR) is 110 cm³/mol. The summed E-state index contributed by atoms with van der Waals surface area (Å²) in [6, 6.07) is 5.58. The molecule has 0 spiro atoms. The van der Waals surface area contributed by atoms with E-state index in [1.54, 1.807) is 22.9 Å². The van der Waals surface area contributed by atoms with Crippen LogP contribution in [0.25, 0.3) is 5.69 Å². The Morgan fingerprint density at radius 1 is 1.22 bits per heavy atom. The second kappa shape index (κ2) is 9.24. The lowest BCUT2D eigenvalue weighted by atomic mass is 9.92. The number of halogens is 3. The number of hydrogen-bond acceptors (Lipinski definition) is 4. The third-order valence-electron chi connectivity index (χ3n) is 4.61. The Hall–Kier alpha value is -1.34. The van der Waals surface area contributed by atoms with Crippen molar-refractivity contribution in [1.82, 2.24) is 20.1 Å². The van der Waals surface area contributed by atoms with Crippen molar-refractivity contribution in [3.63, 3.8) is 0 Å². The van der Waals surface area contributed by atoms with E-state index >= 15 is 0 Å². The van der Waals surface area contributed by atoms with E-state index in [2.05, 4.69) is 15.4 Å². The fourth-order valence-electron chi connectivity index (χ4n) is 3.16. The van der Waals surface area contributed by atoms with Gasteiger partial charge in [-0.3, -0.25) is 4.79 Å². The van der Waals surface area contributed by atoms with Crippen LogP contribution in [0.3, 0.4) is 0 Å². The molecule has 0 saturated heterocycles. The lowest BCUT2D eigenvalue weighted by Crippen LogP contribution is -2.40. The van der Waals surface area contributed by atoms with Gasteiger partial charge in [-0.1, -0.05) is 43.1 Å². The molecule has 6 nitrogen and oxygen atoms in total. The highest BCUT2D eigenvalue weighted by atomic mass is 35.5. The van der Waals surface area contributed by atoms with Gasteiger partial charge < -0.3 is 11.1 Å². The van der Waals surface area contributed by atoms with E-state index in [1.165, 1.54) is 0 Å². The molecule has 1 saturated carbocycles. The van der Waals surface area contributed by atoms with E-state index in [0.717, 1.165) is 25.7 Å². The molecule has 1 aliphatic carbocycles. The molecule has 1 aromatic carbocycles. The molecule has 1 amide bonds. The number of aromatic nitrogens is 3. The molecule has 1 aliphatic rings. The second-order valence-corrected chi connectivity index (χ2v) is 7.83. The summed E-state index contributed by atoms with van der Waals surface area (Å²) in [7, 11) is 0. The van der Waals surface area contributed by atoms with Crippen LogP contribution >= 0.6 is 35.6 Å². The van der Waals surface area contributed by atoms with Crippen molar-refractivity contribution < 1.29 is 4.79 Å². The summed E-state index contributed by atoms with van der Waals surface area (Å²) >= 11 is 12.6. The molecule has 3 N–H and O–H groups in total. The fourth-order valence-corrected chi connectivity index (χ4v) is 3.72. The SMILES string of the molecule is CC(C)c1nc(C(=O)NC2CCC(N)CC2)nn1-c1c(Cl)cccc1Cl.Cl. The smallest absolute Gasteiger partial charge is 0.291 e. The van der Waals surface area contributed by atoms with Gasteiger partial charge in [-0.2, -0.15) is 0 Å². The lowest BCUT2D eigenvalue weighted by molar-refractivity contribution is 0.0915. The largest absolute Gasteiger partial charge is 0.347 e. The Balaban J connectivity index is 0.00000261. The van der Waals surface area contributed by atoms with Crippen LogP contribution in [0.4, 0.5) is 0 Å². The van der Waals surface area contributed by atoms with Crippen LogP contribution in [-0.2, 0) is 0 Å². The minimum absolute atomic E-state index is 0. The standard InChI is InChI=1S/C18H23Cl2N5O.ClH/c1-10(2)17-23-16(18(26)22-12-8-6-11(21)7-9-12)24-25(17)15-13(19)4-3-5-14(15)20;/h3-5,10-12H,6-9,21H2,1-2H3,(H,22,26);1H. The summed E-state index contributed by atoms with van der Waals surface area (Å²) in [5.74, 6) is 0.522. The molecule has 1 aromatic heterocycles. The van der Waals surface area contributed by atoms with E-state index in [0.29, 0.717) is 21.6 Å². The average Bonchev–Trinajstić information content (AvgIpc) is 3.02. The first kappa shape index (κ1) is 22.0. The Morgan fingerprint density at radius 3 is 2.37 bits per heavy atom. The average molecular weight is 433 g/mol. The zero-order valence-corrected chi connectivity index (χ0v) is 17.6. The first-order valence-corrected chi connectivity index (χ1v) is 9.60. The maximum absolute atomic E-state index is 12.6. The molecule has 0 bridgehead atoms. The van der Waals surface area contributed by atoms with E-state index < -0.39 is 0 Å². The summed E-state index contributed by atoms with van der Waals surface area (Å²) in [6.45, 7) is 3.96. The summed E-state index contributed by atoms with van der Waals surface area (Å²) in [5, 5.41) is 8.33. The number of hydrogen-bond donors (Lipinski definition) is 2. The fraction of sp³-hybridized carbons (Fsp3) is 0.500. The molecule has 27 heavy (non-hydrogen) atoms. The third-order valence-corrected chi connectivity index (χ3v) is 5.22. The normalized spacial score (nSPS) is 19.6. The number of carbonyl (C=O) groups is 1. The molecule has 1 fully saturated rings.